The SMILES string of the molecule is COC(=O)C(C)(N)CC(C)N(C)C1CCC(C)(C)CC1. The molecule has 1 fully saturated rings. The highest BCUT2D eigenvalue weighted by molar-refractivity contribution is 5.79. The molecule has 4 nitrogen and oxygen atoms in total. The van der Waals surface area contributed by atoms with Crippen LogP contribution in [0.3, 0.4) is 0 Å². The van der Waals surface area contributed by atoms with Crippen molar-refractivity contribution in [1.29, 1.82) is 0 Å². The van der Waals surface area contributed by atoms with Gasteiger partial charge in [-0.2, -0.15) is 0 Å². The molecule has 1 aliphatic rings. The smallest absolute Gasteiger partial charge is 0.325 e. The number of esters is 1. The van der Waals surface area contributed by atoms with Crippen LogP contribution < -0.4 is 5.73 Å². The van der Waals surface area contributed by atoms with Crippen molar-refractivity contribution in [3.05, 3.63) is 0 Å². The zero-order valence-corrected chi connectivity index (χ0v) is 14.0. The summed E-state index contributed by atoms with van der Waals surface area (Å²) in [6.45, 7) is 8.60. The van der Waals surface area contributed by atoms with Crippen molar-refractivity contribution in [3.8, 4) is 0 Å². The highest BCUT2D eigenvalue weighted by atomic mass is 16.5. The summed E-state index contributed by atoms with van der Waals surface area (Å²) in [6, 6.07) is 0.877. The van der Waals surface area contributed by atoms with Gasteiger partial charge in [-0.25, -0.2) is 0 Å². The van der Waals surface area contributed by atoms with E-state index in [0.717, 1.165) is 0 Å². The molecule has 0 amide bonds. The molecule has 0 aromatic heterocycles. The average molecular weight is 284 g/mol. The summed E-state index contributed by atoms with van der Waals surface area (Å²) in [5, 5.41) is 0. The minimum Gasteiger partial charge on any atom is -0.468 e. The Morgan fingerprint density at radius 3 is 2.40 bits per heavy atom. The molecule has 118 valence electrons. The molecule has 0 saturated heterocycles. The number of carbonyl (C=O) groups is 1. The first kappa shape index (κ1) is 17.4. The highest BCUT2D eigenvalue weighted by Crippen LogP contribution is 2.37. The number of hydrogen-bond acceptors (Lipinski definition) is 4. The molecule has 2 atom stereocenters. The monoisotopic (exact) mass is 284 g/mol. The number of nitrogens with two attached hydrogens (primary N) is 1. The lowest BCUT2D eigenvalue weighted by Crippen LogP contribution is -2.52. The predicted molar refractivity (Wildman–Crippen MR) is 82.5 cm³/mol. The summed E-state index contributed by atoms with van der Waals surface area (Å²) in [6.07, 6.45) is 5.62. The van der Waals surface area contributed by atoms with E-state index in [0.29, 0.717) is 17.9 Å². The Bertz CT molecular complexity index is 329. The molecule has 0 aromatic carbocycles. The fourth-order valence-corrected chi connectivity index (χ4v) is 3.23. The van der Waals surface area contributed by atoms with Gasteiger partial charge in [-0.05, 0) is 58.4 Å². The molecule has 1 aliphatic carbocycles. The number of nitrogens with zero attached hydrogens (tertiary/aromatic N) is 1. The Balaban J connectivity index is 2.55. The van der Waals surface area contributed by atoms with Crippen LogP contribution in [0.4, 0.5) is 0 Å². The first-order valence-electron chi connectivity index (χ1n) is 7.68. The molecular formula is C16H32N2O2. The van der Waals surface area contributed by atoms with Crippen molar-refractivity contribution in [3.63, 3.8) is 0 Å². The maximum Gasteiger partial charge on any atom is 0.325 e. The first-order valence-corrected chi connectivity index (χ1v) is 7.68. The number of carbonyl (C=O) groups excluding carboxylic acids is 1. The van der Waals surface area contributed by atoms with Crippen molar-refractivity contribution >= 4 is 5.97 Å². The van der Waals surface area contributed by atoms with E-state index < -0.39 is 5.54 Å². The van der Waals surface area contributed by atoms with Gasteiger partial charge in [0.1, 0.15) is 5.54 Å². The fourth-order valence-electron chi connectivity index (χ4n) is 3.23. The molecule has 1 rings (SSSR count). The molecule has 2 N–H and O–H groups in total. The maximum absolute atomic E-state index is 11.7. The third kappa shape index (κ3) is 4.45. The Morgan fingerprint density at radius 1 is 1.45 bits per heavy atom. The van der Waals surface area contributed by atoms with Crippen LogP contribution in [-0.4, -0.2) is 42.6 Å². The van der Waals surface area contributed by atoms with Crippen molar-refractivity contribution in [1.82, 2.24) is 4.90 Å². The van der Waals surface area contributed by atoms with Gasteiger partial charge in [-0.1, -0.05) is 13.8 Å². The normalized spacial score (nSPS) is 24.2. The molecule has 0 aliphatic heterocycles. The molecule has 0 aromatic rings. The van der Waals surface area contributed by atoms with E-state index in [1.807, 2.05) is 0 Å². The Kier molecular flexibility index (Phi) is 5.61. The molecule has 0 heterocycles. The standard InChI is InChI=1S/C16H32N2O2/c1-12(11-16(4,17)14(19)20-6)18(5)13-7-9-15(2,3)10-8-13/h12-13H,7-11,17H2,1-6H3. The van der Waals surface area contributed by atoms with Crippen LogP contribution in [0.2, 0.25) is 0 Å². The molecule has 20 heavy (non-hydrogen) atoms. The molecule has 4 heteroatoms. The number of rotatable bonds is 5. The van der Waals surface area contributed by atoms with Gasteiger partial charge in [0.15, 0.2) is 0 Å². The lowest BCUT2D eigenvalue weighted by atomic mass is 9.75. The Labute approximate surface area is 124 Å². The first-order chi connectivity index (χ1) is 9.09. The number of ether oxygens (including phenoxy) is 1. The van der Waals surface area contributed by atoms with E-state index in [2.05, 4.69) is 32.7 Å². The van der Waals surface area contributed by atoms with Gasteiger partial charge < -0.3 is 15.4 Å². The summed E-state index contributed by atoms with van der Waals surface area (Å²) in [5.41, 5.74) is 5.66. The van der Waals surface area contributed by atoms with Gasteiger partial charge in [0.05, 0.1) is 7.11 Å². The second kappa shape index (κ2) is 6.44. The highest BCUT2D eigenvalue weighted by Gasteiger charge is 2.35. The largest absolute Gasteiger partial charge is 0.468 e. The van der Waals surface area contributed by atoms with Gasteiger partial charge in [0.25, 0.3) is 0 Å². The van der Waals surface area contributed by atoms with Crippen LogP contribution in [0.25, 0.3) is 0 Å². The van der Waals surface area contributed by atoms with Crippen LogP contribution in [-0.2, 0) is 9.53 Å². The lowest BCUT2D eigenvalue weighted by Gasteiger charge is -2.42. The topological polar surface area (TPSA) is 55.6 Å². The zero-order chi connectivity index (χ0) is 15.6. The quantitative estimate of drug-likeness (QED) is 0.788. The van der Waals surface area contributed by atoms with Gasteiger partial charge in [-0.15, -0.1) is 0 Å². The lowest BCUT2D eigenvalue weighted by molar-refractivity contribution is -0.147. The Morgan fingerprint density at radius 2 is 1.95 bits per heavy atom. The summed E-state index contributed by atoms with van der Waals surface area (Å²) in [4.78, 5) is 14.1. The zero-order valence-electron chi connectivity index (χ0n) is 14.0. The van der Waals surface area contributed by atoms with E-state index in [4.69, 9.17) is 10.5 Å². The third-order valence-corrected chi connectivity index (χ3v) is 4.95. The van der Waals surface area contributed by atoms with Crippen molar-refractivity contribution in [2.45, 2.75) is 77.4 Å². The van der Waals surface area contributed by atoms with E-state index in [9.17, 15) is 4.79 Å². The van der Waals surface area contributed by atoms with Crippen molar-refractivity contribution < 1.29 is 9.53 Å². The van der Waals surface area contributed by atoms with Gasteiger partial charge in [-0.3, -0.25) is 4.79 Å². The summed E-state index contributed by atoms with van der Waals surface area (Å²) in [7, 11) is 3.55. The van der Waals surface area contributed by atoms with Crippen LogP contribution in [0.1, 0.15) is 59.8 Å². The molecule has 0 bridgehead atoms. The minimum atomic E-state index is -0.906. The maximum atomic E-state index is 11.7. The van der Waals surface area contributed by atoms with E-state index in [-0.39, 0.29) is 12.0 Å². The molecule has 1 saturated carbocycles. The van der Waals surface area contributed by atoms with E-state index >= 15 is 0 Å². The molecular weight excluding hydrogens is 252 g/mol. The van der Waals surface area contributed by atoms with Crippen molar-refractivity contribution in [2.75, 3.05) is 14.2 Å². The summed E-state index contributed by atoms with van der Waals surface area (Å²) in [5.74, 6) is -0.331. The molecule has 0 radical (unpaired) electrons. The predicted octanol–water partition coefficient (Wildman–Crippen LogP) is 2.56. The van der Waals surface area contributed by atoms with Crippen LogP contribution in [0, 0.1) is 5.41 Å². The van der Waals surface area contributed by atoms with E-state index in [1.54, 1.807) is 6.92 Å². The van der Waals surface area contributed by atoms with Crippen LogP contribution >= 0.6 is 0 Å². The van der Waals surface area contributed by atoms with Crippen LogP contribution in [0.15, 0.2) is 0 Å². The van der Waals surface area contributed by atoms with Crippen LogP contribution in [0.5, 0.6) is 0 Å². The fraction of sp³-hybridized carbons (Fsp3) is 0.938. The second-order valence-corrected chi connectivity index (χ2v) is 7.52. The van der Waals surface area contributed by atoms with Gasteiger partial charge in [0, 0.05) is 12.1 Å². The minimum absolute atomic E-state index is 0.273. The summed E-state index contributed by atoms with van der Waals surface area (Å²) < 4.78 is 4.79. The Hall–Kier alpha value is -0.610. The molecule has 0 spiro atoms. The number of hydrogen-bond donors (Lipinski definition) is 1. The van der Waals surface area contributed by atoms with Crippen molar-refractivity contribution in [2.24, 2.45) is 11.1 Å². The van der Waals surface area contributed by atoms with Gasteiger partial charge >= 0.3 is 5.97 Å². The third-order valence-electron chi connectivity index (χ3n) is 4.95. The molecule has 2 unspecified atom stereocenters. The number of methoxy groups -OCH3 is 1. The van der Waals surface area contributed by atoms with Gasteiger partial charge in [0.2, 0.25) is 0 Å². The second-order valence-electron chi connectivity index (χ2n) is 7.52. The average Bonchev–Trinajstić information content (AvgIpc) is 2.36. The van der Waals surface area contributed by atoms with E-state index in [1.165, 1.54) is 32.8 Å². The summed E-state index contributed by atoms with van der Waals surface area (Å²) >= 11 is 0.